The largest absolute Gasteiger partial charge is 0.490 e. The van der Waals surface area contributed by atoms with Crippen molar-refractivity contribution in [3.05, 3.63) is 82.8 Å². The second-order valence-corrected chi connectivity index (χ2v) is 12.5. The molecule has 4 aromatic carbocycles. The minimum absolute atomic E-state index is 0.0389. The van der Waals surface area contributed by atoms with E-state index >= 15 is 0 Å². The Morgan fingerprint density at radius 3 is 1.50 bits per heavy atom. The molecule has 2 N–H and O–H groups in total. The van der Waals surface area contributed by atoms with E-state index in [1.807, 2.05) is 13.8 Å². The standard InChI is InChI=1S/C40H42Cl2N6O8/c1-7-53-31-15-11-13-29(37(31)55-9-3)43-39(51)35(23(5)49)47-45-26-19-17-25(18-20-26)27-21-22-28(34(42)33(27)41)46-48-36(24(6)50)40(52)44-30-14-12-16-32(54-8-2)38(30)56-10-4/h11-22,35-36H,7-10H2,1-6H3,(H,43,51)(H,44,52). The molecule has 4 rings (SSSR count). The number of carbonyl (C=O) groups excluding carboxylic acids is 4. The van der Waals surface area contributed by atoms with Gasteiger partial charge in [0, 0.05) is 5.56 Å². The van der Waals surface area contributed by atoms with E-state index in [0.717, 1.165) is 0 Å². The van der Waals surface area contributed by atoms with Gasteiger partial charge < -0.3 is 29.6 Å². The monoisotopic (exact) mass is 804 g/mol. The van der Waals surface area contributed by atoms with Crippen molar-refractivity contribution >= 4 is 69.3 Å². The third-order valence-electron chi connectivity index (χ3n) is 7.73. The highest BCUT2D eigenvalue weighted by Gasteiger charge is 2.27. The quantitative estimate of drug-likeness (QED) is 0.0695. The van der Waals surface area contributed by atoms with Crippen molar-refractivity contribution in [2.75, 3.05) is 37.1 Å². The van der Waals surface area contributed by atoms with Gasteiger partial charge in [0.25, 0.3) is 11.8 Å². The number of para-hydroxylation sites is 2. The molecular formula is C40H42Cl2N6O8. The van der Waals surface area contributed by atoms with E-state index in [-0.39, 0.29) is 15.7 Å². The molecule has 14 nitrogen and oxygen atoms in total. The highest BCUT2D eigenvalue weighted by molar-refractivity contribution is 6.45. The summed E-state index contributed by atoms with van der Waals surface area (Å²) in [6.45, 7) is 11.1. The fraction of sp³-hybridized carbons (Fsp3) is 0.300. The Bertz CT molecular complexity index is 2110. The van der Waals surface area contributed by atoms with Crippen LogP contribution < -0.4 is 29.6 Å². The summed E-state index contributed by atoms with van der Waals surface area (Å²) in [5.41, 5.74) is 2.32. The second-order valence-electron chi connectivity index (χ2n) is 11.7. The van der Waals surface area contributed by atoms with Crippen LogP contribution in [0, 0.1) is 0 Å². The number of hydrogen-bond acceptors (Lipinski definition) is 12. The van der Waals surface area contributed by atoms with Crippen LogP contribution in [0.1, 0.15) is 41.5 Å². The molecule has 4 aromatic rings. The molecule has 2 amide bonds. The molecule has 0 heterocycles. The summed E-state index contributed by atoms with van der Waals surface area (Å²) >= 11 is 13.2. The van der Waals surface area contributed by atoms with Gasteiger partial charge in [0.2, 0.25) is 12.1 Å². The van der Waals surface area contributed by atoms with Crippen LogP contribution in [-0.2, 0) is 19.2 Å². The SMILES string of the molecule is CCOc1cccc(NC(=O)C(N=Nc2ccc(-c3ccc(N=NC(C(C)=O)C(=O)Nc4cccc(OCC)c4OCC)c(Cl)c3Cl)cc2)C(C)=O)c1OCC. The lowest BCUT2D eigenvalue weighted by Gasteiger charge is -2.16. The number of rotatable bonds is 19. The maximum Gasteiger partial charge on any atom is 0.258 e. The van der Waals surface area contributed by atoms with Crippen molar-refractivity contribution in [1.29, 1.82) is 0 Å². The summed E-state index contributed by atoms with van der Waals surface area (Å²) in [5.74, 6) is -0.935. The molecule has 0 aromatic heterocycles. The Morgan fingerprint density at radius 2 is 1.05 bits per heavy atom. The predicted octanol–water partition coefficient (Wildman–Crippen LogP) is 9.62. The fourth-order valence-electron chi connectivity index (χ4n) is 5.18. The minimum Gasteiger partial charge on any atom is -0.490 e. The number of anilines is 2. The zero-order valence-electron chi connectivity index (χ0n) is 31.7. The van der Waals surface area contributed by atoms with Crippen LogP contribution in [0.15, 0.2) is 93.3 Å². The average molecular weight is 806 g/mol. The molecule has 0 aliphatic rings. The number of nitrogens with zero attached hydrogens (tertiary/aromatic N) is 4. The Morgan fingerprint density at radius 1 is 0.589 bits per heavy atom. The molecule has 294 valence electrons. The van der Waals surface area contributed by atoms with Crippen LogP contribution in [0.3, 0.4) is 0 Å². The van der Waals surface area contributed by atoms with Gasteiger partial charge >= 0.3 is 0 Å². The predicted molar refractivity (Wildman–Crippen MR) is 215 cm³/mol. The number of nitrogens with one attached hydrogen (secondary N) is 2. The third kappa shape index (κ3) is 10.9. The highest BCUT2D eigenvalue weighted by Crippen LogP contribution is 2.41. The molecule has 0 bridgehead atoms. The number of halogens is 2. The summed E-state index contributed by atoms with van der Waals surface area (Å²) < 4.78 is 22.6. The molecule has 2 unspecified atom stereocenters. The van der Waals surface area contributed by atoms with E-state index in [9.17, 15) is 19.2 Å². The lowest BCUT2D eigenvalue weighted by Crippen LogP contribution is -2.32. The molecule has 0 fully saturated rings. The molecule has 0 spiro atoms. The van der Waals surface area contributed by atoms with E-state index in [0.29, 0.717) is 77.6 Å². The van der Waals surface area contributed by atoms with Crippen LogP contribution in [0.2, 0.25) is 10.0 Å². The van der Waals surface area contributed by atoms with Crippen LogP contribution in [0.5, 0.6) is 23.0 Å². The fourth-order valence-corrected chi connectivity index (χ4v) is 5.66. The van der Waals surface area contributed by atoms with Crippen LogP contribution in [-0.4, -0.2) is 61.9 Å². The van der Waals surface area contributed by atoms with Crippen molar-refractivity contribution in [3.63, 3.8) is 0 Å². The number of ether oxygens (including phenoxy) is 4. The topological polar surface area (TPSA) is 179 Å². The first-order valence-electron chi connectivity index (χ1n) is 17.7. The maximum absolute atomic E-state index is 13.2. The van der Waals surface area contributed by atoms with Crippen molar-refractivity contribution in [3.8, 4) is 34.1 Å². The van der Waals surface area contributed by atoms with Gasteiger partial charge in [-0.15, -0.1) is 0 Å². The van der Waals surface area contributed by atoms with Gasteiger partial charge in [0.1, 0.15) is 5.69 Å². The Balaban J connectivity index is 1.49. The van der Waals surface area contributed by atoms with Gasteiger partial charge in [0.05, 0.1) is 53.5 Å². The molecule has 0 aliphatic heterocycles. The van der Waals surface area contributed by atoms with E-state index < -0.39 is 35.5 Å². The third-order valence-corrected chi connectivity index (χ3v) is 8.60. The summed E-state index contributed by atoms with van der Waals surface area (Å²) in [6.07, 6.45) is 0. The molecule has 0 saturated heterocycles. The normalized spacial score (nSPS) is 12.2. The zero-order chi connectivity index (χ0) is 40.8. The van der Waals surface area contributed by atoms with Crippen molar-refractivity contribution in [2.24, 2.45) is 20.5 Å². The number of carbonyl (C=O) groups is 4. The maximum atomic E-state index is 13.2. The van der Waals surface area contributed by atoms with Gasteiger partial charge in [-0.05, 0) is 89.6 Å². The smallest absolute Gasteiger partial charge is 0.258 e. The Kier molecular flexibility index (Phi) is 15.9. The first-order valence-corrected chi connectivity index (χ1v) is 18.5. The number of Topliss-reactive ketones (excluding diaryl/α,β-unsaturated/α-hetero) is 2. The van der Waals surface area contributed by atoms with E-state index in [1.165, 1.54) is 13.8 Å². The van der Waals surface area contributed by atoms with Gasteiger partial charge in [-0.1, -0.05) is 53.5 Å². The Labute approximate surface area is 334 Å². The number of azo groups is 2. The molecule has 0 aliphatic carbocycles. The summed E-state index contributed by atoms with van der Waals surface area (Å²) in [6, 6.07) is 17.0. The number of amides is 2. The summed E-state index contributed by atoms with van der Waals surface area (Å²) in [4.78, 5) is 51.3. The van der Waals surface area contributed by atoms with Gasteiger partial charge in [-0.3, -0.25) is 19.2 Å². The molecular weight excluding hydrogens is 763 g/mol. The summed E-state index contributed by atoms with van der Waals surface area (Å²) in [7, 11) is 0. The van der Waals surface area contributed by atoms with Gasteiger partial charge in [-0.2, -0.15) is 20.5 Å². The number of hydrogen-bond donors (Lipinski definition) is 2. The van der Waals surface area contributed by atoms with E-state index in [4.69, 9.17) is 42.1 Å². The van der Waals surface area contributed by atoms with Crippen LogP contribution >= 0.6 is 23.2 Å². The lowest BCUT2D eigenvalue weighted by atomic mass is 10.0. The van der Waals surface area contributed by atoms with E-state index in [2.05, 4.69) is 31.1 Å². The highest BCUT2D eigenvalue weighted by atomic mass is 35.5. The molecule has 16 heteroatoms. The van der Waals surface area contributed by atoms with Crippen molar-refractivity contribution < 1.29 is 38.1 Å². The van der Waals surface area contributed by atoms with Crippen molar-refractivity contribution in [2.45, 2.75) is 53.6 Å². The number of benzene rings is 4. The molecule has 56 heavy (non-hydrogen) atoms. The van der Waals surface area contributed by atoms with Crippen molar-refractivity contribution in [1.82, 2.24) is 0 Å². The van der Waals surface area contributed by atoms with Gasteiger partial charge in [0.15, 0.2) is 34.6 Å². The summed E-state index contributed by atoms with van der Waals surface area (Å²) in [5, 5.41) is 21.8. The zero-order valence-corrected chi connectivity index (χ0v) is 33.2. The van der Waals surface area contributed by atoms with Gasteiger partial charge in [-0.25, -0.2) is 0 Å². The molecule has 0 saturated carbocycles. The first-order chi connectivity index (χ1) is 26.9. The first kappa shape index (κ1) is 42.9. The Hall–Kier alpha value is -5.86. The minimum atomic E-state index is -1.50. The van der Waals surface area contributed by atoms with Crippen LogP contribution in [0.25, 0.3) is 11.1 Å². The molecule has 2 atom stereocenters. The molecule has 0 radical (unpaired) electrons. The lowest BCUT2D eigenvalue weighted by molar-refractivity contribution is -0.127. The van der Waals surface area contributed by atoms with E-state index in [1.54, 1.807) is 86.6 Å². The second kappa shape index (κ2) is 20.7. The number of ketones is 2. The average Bonchev–Trinajstić information content (AvgIpc) is 3.16. The van der Waals surface area contributed by atoms with Crippen LogP contribution in [0.4, 0.5) is 22.7 Å².